The average Bonchev–Trinajstić information content (AvgIpc) is 2.35. The molecule has 0 saturated carbocycles. The summed E-state index contributed by atoms with van der Waals surface area (Å²) in [6.07, 6.45) is -1.24. The van der Waals surface area contributed by atoms with E-state index in [9.17, 15) is 17.6 Å². The number of rotatable bonds is 0. The van der Waals surface area contributed by atoms with Crippen LogP contribution in [0, 0.1) is 5.82 Å². The highest BCUT2D eigenvalue weighted by Crippen LogP contribution is 2.39. The molecule has 1 aromatic rings. The van der Waals surface area contributed by atoms with Crippen molar-refractivity contribution in [3.05, 3.63) is 47.1 Å². The Labute approximate surface area is 107 Å². The number of hydrogen-bond donors (Lipinski definition) is 2. The van der Waals surface area contributed by atoms with Crippen LogP contribution in [0.15, 0.2) is 35.7 Å². The molecule has 2 nitrogen and oxygen atoms in total. The molecule has 0 saturated heterocycles. The van der Waals surface area contributed by atoms with Gasteiger partial charge >= 0.3 is 6.18 Å². The van der Waals surface area contributed by atoms with Crippen LogP contribution in [0.25, 0.3) is 0 Å². The monoisotopic (exact) mass is 272 g/mol. The minimum atomic E-state index is -4.71. The van der Waals surface area contributed by atoms with Gasteiger partial charge in [0.25, 0.3) is 0 Å². The molecule has 6 heteroatoms. The molecule has 0 atom stereocenters. The molecule has 2 N–H and O–H groups in total. The predicted molar refractivity (Wildman–Crippen MR) is 66.2 cm³/mol. The standard InChI is InChI=1S/C13H12F4N2/c1-3-9-10(4-2)19-12-6-8(14)7(13(15,16)17)5-11(12)18-9/h3-6,18-19H,1-2H3/b9-3?,10-4-. The van der Waals surface area contributed by atoms with E-state index in [-0.39, 0.29) is 11.4 Å². The molecule has 1 aliphatic heterocycles. The maximum absolute atomic E-state index is 13.5. The number of benzene rings is 1. The first-order chi connectivity index (χ1) is 8.86. The van der Waals surface area contributed by atoms with Crippen LogP contribution in [-0.4, -0.2) is 0 Å². The Balaban J connectivity index is 2.54. The third-order valence-electron chi connectivity index (χ3n) is 2.82. The lowest BCUT2D eigenvalue weighted by atomic mass is 10.1. The third-order valence-corrected chi connectivity index (χ3v) is 2.82. The van der Waals surface area contributed by atoms with Crippen LogP contribution in [0.2, 0.25) is 0 Å². The normalized spacial score (nSPS) is 19.1. The topological polar surface area (TPSA) is 24.1 Å². The molecule has 0 fully saturated rings. The Bertz CT molecular complexity index is 571. The molecule has 0 unspecified atom stereocenters. The molecule has 0 spiro atoms. The Morgan fingerprint density at radius 2 is 1.42 bits per heavy atom. The van der Waals surface area contributed by atoms with E-state index < -0.39 is 17.6 Å². The van der Waals surface area contributed by atoms with Crippen molar-refractivity contribution < 1.29 is 17.6 Å². The molecule has 1 aromatic carbocycles. The summed E-state index contributed by atoms with van der Waals surface area (Å²) in [5.41, 5.74) is 0.542. The third kappa shape index (κ3) is 2.43. The number of fused-ring (bicyclic) bond motifs is 1. The highest BCUT2D eigenvalue weighted by molar-refractivity contribution is 5.79. The van der Waals surface area contributed by atoms with E-state index in [4.69, 9.17) is 0 Å². The van der Waals surface area contributed by atoms with Crippen molar-refractivity contribution >= 4 is 11.4 Å². The molecule has 1 heterocycles. The SMILES string of the molecule is CC=C1Nc2cc(C(F)(F)F)c(F)cc2N/C1=C\C. The number of hydrogen-bond acceptors (Lipinski definition) is 2. The predicted octanol–water partition coefficient (Wildman–Crippen LogP) is 4.49. The van der Waals surface area contributed by atoms with Crippen LogP contribution in [0.5, 0.6) is 0 Å². The van der Waals surface area contributed by atoms with Gasteiger partial charge in [0.05, 0.1) is 28.3 Å². The summed E-state index contributed by atoms with van der Waals surface area (Å²) < 4.78 is 51.3. The summed E-state index contributed by atoms with van der Waals surface area (Å²) in [5, 5.41) is 5.74. The maximum Gasteiger partial charge on any atom is 0.419 e. The van der Waals surface area contributed by atoms with Crippen LogP contribution in [0.3, 0.4) is 0 Å². The Morgan fingerprint density at radius 1 is 0.947 bits per heavy atom. The van der Waals surface area contributed by atoms with Crippen molar-refractivity contribution in [3.8, 4) is 0 Å². The number of allylic oxidation sites excluding steroid dienone is 2. The number of nitrogens with one attached hydrogen (secondary N) is 2. The second-order valence-electron chi connectivity index (χ2n) is 4.03. The zero-order chi connectivity index (χ0) is 14.2. The van der Waals surface area contributed by atoms with Crippen molar-refractivity contribution in [1.29, 1.82) is 0 Å². The van der Waals surface area contributed by atoms with Gasteiger partial charge in [0.2, 0.25) is 0 Å². The van der Waals surface area contributed by atoms with Crippen molar-refractivity contribution in [2.75, 3.05) is 10.6 Å². The van der Waals surface area contributed by atoms with Gasteiger partial charge in [-0.2, -0.15) is 13.2 Å². The summed E-state index contributed by atoms with van der Waals surface area (Å²) in [6.45, 7) is 3.53. The zero-order valence-corrected chi connectivity index (χ0v) is 10.3. The Hall–Kier alpha value is -1.98. The van der Waals surface area contributed by atoms with E-state index in [0.29, 0.717) is 11.4 Å². The lowest BCUT2D eigenvalue weighted by Gasteiger charge is -2.26. The molecule has 0 amide bonds. The molecule has 1 aliphatic rings. The number of halogens is 4. The van der Waals surface area contributed by atoms with E-state index in [0.717, 1.165) is 12.1 Å². The van der Waals surface area contributed by atoms with Crippen molar-refractivity contribution in [2.45, 2.75) is 20.0 Å². The van der Waals surface area contributed by atoms with Crippen LogP contribution >= 0.6 is 0 Å². The molecule has 2 rings (SSSR count). The van der Waals surface area contributed by atoms with Gasteiger partial charge < -0.3 is 10.6 Å². The van der Waals surface area contributed by atoms with E-state index >= 15 is 0 Å². The largest absolute Gasteiger partial charge is 0.419 e. The Kier molecular flexibility index (Phi) is 3.26. The number of anilines is 2. The maximum atomic E-state index is 13.5. The van der Waals surface area contributed by atoms with E-state index in [1.165, 1.54) is 0 Å². The molecule has 102 valence electrons. The minimum Gasteiger partial charge on any atom is -0.352 e. The summed E-state index contributed by atoms with van der Waals surface area (Å²) in [6, 6.07) is 1.62. The fraction of sp³-hybridized carbons (Fsp3) is 0.231. The molecular weight excluding hydrogens is 260 g/mol. The van der Waals surface area contributed by atoms with Crippen molar-refractivity contribution in [3.63, 3.8) is 0 Å². The highest BCUT2D eigenvalue weighted by atomic mass is 19.4. The van der Waals surface area contributed by atoms with Crippen LogP contribution in [0.4, 0.5) is 28.9 Å². The molecule has 0 aromatic heterocycles. The molecule has 0 bridgehead atoms. The van der Waals surface area contributed by atoms with E-state index in [1.807, 2.05) is 0 Å². The van der Waals surface area contributed by atoms with Crippen molar-refractivity contribution in [2.24, 2.45) is 0 Å². The smallest absolute Gasteiger partial charge is 0.352 e. The lowest BCUT2D eigenvalue weighted by molar-refractivity contribution is -0.139. The van der Waals surface area contributed by atoms with Gasteiger partial charge in [0, 0.05) is 6.07 Å². The van der Waals surface area contributed by atoms with Gasteiger partial charge in [-0.15, -0.1) is 0 Å². The van der Waals surface area contributed by atoms with Gasteiger partial charge in [-0.25, -0.2) is 4.39 Å². The summed E-state index contributed by atoms with van der Waals surface area (Å²) in [7, 11) is 0. The van der Waals surface area contributed by atoms with Gasteiger partial charge in [-0.05, 0) is 19.9 Å². The van der Waals surface area contributed by atoms with Crippen LogP contribution < -0.4 is 10.6 Å². The lowest BCUT2D eigenvalue weighted by Crippen LogP contribution is -2.19. The number of alkyl halides is 3. The van der Waals surface area contributed by atoms with Gasteiger partial charge in [0.15, 0.2) is 0 Å². The first kappa shape index (κ1) is 13.5. The molecule has 19 heavy (non-hydrogen) atoms. The second-order valence-corrected chi connectivity index (χ2v) is 4.03. The van der Waals surface area contributed by atoms with Gasteiger partial charge in [-0.1, -0.05) is 12.2 Å². The quantitative estimate of drug-likeness (QED) is 0.680. The first-order valence-electron chi connectivity index (χ1n) is 5.64. The summed E-state index contributed by atoms with van der Waals surface area (Å²) >= 11 is 0. The summed E-state index contributed by atoms with van der Waals surface area (Å²) in [4.78, 5) is 0. The van der Waals surface area contributed by atoms with Crippen LogP contribution in [0.1, 0.15) is 19.4 Å². The fourth-order valence-electron chi connectivity index (χ4n) is 1.88. The first-order valence-corrected chi connectivity index (χ1v) is 5.64. The van der Waals surface area contributed by atoms with Crippen LogP contribution in [-0.2, 0) is 6.18 Å². The van der Waals surface area contributed by atoms with Gasteiger partial charge in [-0.3, -0.25) is 0 Å². The van der Waals surface area contributed by atoms with E-state index in [2.05, 4.69) is 10.6 Å². The second kappa shape index (κ2) is 4.60. The molecular formula is C13H12F4N2. The Morgan fingerprint density at radius 3 is 1.84 bits per heavy atom. The summed E-state index contributed by atoms with van der Waals surface area (Å²) in [5.74, 6) is -1.29. The van der Waals surface area contributed by atoms with E-state index in [1.54, 1.807) is 26.0 Å². The zero-order valence-electron chi connectivity index (χ0n) is 10.3. The molecule has 0 radical (unpaired) electrons. The van der Waals surface area contributed by atoms with Crippen molar-refractivity contribution in [1.82, 2.24) is 0 Å². The van der Waals surface area contributed by atoms with Gasteiger partial charge in [0.1, 0.15) is 5.82 Å². The molecule has 0 aliphatic carbocycles. The fourth-order valence-corrected chi connectivity index (χ4v) is 1.88. The minimum absolute atomic E-state index is 0.201. The average molecular weight is 272 g/mol. The highest BCUT2D eigenvalue weighted by Gasteiger charge is 2.35.